The molecule has 0 spiro atoms. The lowest BCUT2D eigenvalue weighted by Gasteiger charge is -2.13. The molecule has 1 aromatic rings. The fourth-order valence-electron chi connectivity index (χ4n) is 1.02. The first-order chi connectivity index (χ1) is 6.40. The van der Waals surface area contributed by atoms with Gasteiger partial charge in [-0.05, 0) is 12.1 Å². The van der Waals surface area contributed by atoms with E-state index in [0.717, 1.165) is 6.07 Å². The van der Waals surface area contributed by atoms with Crippen LogP contribution in [0.5, 0.6) is 0 Å². The van der Waals surface area contributed by atoms with Crippen molar-refractivity contribution < 1.29 is 17.6 Å². The van der Waals surface area contributed by atoms with Crippen LogP contribution in [0.15, 0.2) is 18.3 Å². The zero-order valence-corrected chi connectivity index (χ0v) is 7.05. The number of aromatic nitrogens is 1. The lowest BCUT2D eigenvalue weighted by atomic mass is 10.1. The summed E-state index contributed by atoms with van der Waals surface area (Å²) in [6.07, 6.45) is -4.49. The van der Waals surface area contributed by atoms with Gasteiger partial charge >= 0.3 is 6.18 Å². The van der Waals surface area contributed by atoms with Gasteiger partial charge in [-0.15, -0.1) is 0 Å². The van der Waals surface area contributed by atoms with Crippen molar-refractivity contribution in [3.63, 3.8) is 0 Å². The molecule has 2 nitrogen and oxygen atoms in total. The molecule has 1 rings (SSSR count). The standard InChI is InChI=1S/C8H8F4N2/c9-5-2-1-3-14-7(5)6(13)4-8(10,11)12/h1-3,6H,4,13H2/t6-/m1/s1. The third-order valence-electron chi connectivity index (χ3n) is 1.59. The van der Waals surface area contributed by atoms with Crippen LogP contribution in [0, 0.1) is 5.82 Å². The maximum Gasteiger partial charge on any atom is 0.390 e. The minimum absolute atomic E-state index is 0.357. The van der Waals surface area contributed by atoms with Crippen molar-refractivity contribution in [3.05, 3.63) is 29.8 Å². The number of nitrogens with two attached hydrogens (primary N) is 1. The second-order valence-corrected chi connectivity index (χ2v) is 2.80. The molecule has 1 aromatic heterocycles. The van der Waals surface area contributed by atoms with E-state index in [-0.39, 0.29) is 5.69 Å². The van der Waals surface area contributed by atoms with Crippen LogP contribution in [0.4, 0.5) is 17.6 Å². The fourth-order valence-corrected chi connectivity index (χ4v) is 1.02. The van der Waals surface area contributed by atoms with Crippen molar-refractivity contribution in [2.75, 3.05) is 0 Å². The van der Waals surface area contributed by atoms with Crippen molar-refractivity contribution in [2.24, 2.45) is 5.73 Å². The molecular weight excluding hydrogens is 200 g/mol. The number of hydrogen-bond acceptors (Lipinski definition) is 2. The van der Waals surface area contributed by atoms with Gasteiger partial charge in [0, 0.05) is 6.20 Å². The minimum Gasteiger partial charge on any atom is -0.322 e. The summed E-state index contributed by atoms with van der Waals surface area (Å²) in [4.78, 5) is 3.46. The number of rotatable bonds is 2. The van der Waals surface area contributed by atoms with Crippen LogP contribution >= 0.6 is 0 Å². The predicted molar refractivity (Wildman–Crippen MR) is 41.8 cm³/mol. The average Bonchev–Trinajstić information content (AvgIpc) is 2.01. The summed E-state index contributed by atoms with van der Waals surface area (Å²) in [7, 11) is 0. The zero-order valence-electron chi connectivity index (χ0n) is 7.05. The Morgan fingerprint density at radius 1 is 1.43 bits per heavy atom. The van der Waals surface area contributed by atoms with Crippen LogP contribution in [-0.4, -0.2) is 11.2 Å². The van der Waals surface area contributed by atoms with Crippen molar-refractivity contribution in [1.29, 1.82) is 0 Å². The first kappa shape index (κ1) is 10.9. The van der Waals surface area contributed by atoms with Crippen molar-refractivity contribution in [1.82, 2.24) is 4.98 Å². The third kappa shape index (κ3) is 2.95. The smallest absolute Gasteiger partial charge is 0.322 e. The molecule has 1 atom stereocenters. The Balaban J connectivity index is 2.80. The maximum absolute atomic E-state index is 12.9. The lowest BCUT2D eigenvalue weighted by molar-refractivity contribution is -0.138. The monoisotopic (exact) mass is 208 g/mol. The van der Waals surface area contributed by atoms with Gasteiger partial charge in [0.05, 0.1) is 18.2 Å². The summed E-state index contributed by atoms with van der Waals surface area (Å²) in [6.45, 7) is 0. The van der Waals surface area contributed by atoms with Crippen molar-refractivity contribution in [2.45, 2.75) is 18.6 Å². The fraction of sp³-hybridized carbons (Fsp3) is 0.375. The molecule has 0 aliphatic heterocycles. The summed E-state index contributed by atoms with van der Waals surface area (Å²) in [5.74, 6) is -0.816. The Morgan fingerprint density at radius 2 is 2.07 bits per heavy atom. The van der Waals surface area contributed by atoms with E-state index in [4.69, 9.17) is 5.73 Å². The quantitative estimate of drug-likeness (QED) is 0.756. The van der Waals surface area contributed by atoms with Gasteiger partial charge in [0.25, 0.3) is 0 Å². The van der Waals surface area contributed by atoms with E-state index >= 15 is 0 Å². The van der Waals surface area contributed by atoms with Gasteiger partial charge in [-0.3, -0.25) is 4.98 Å². The second kappa shape index (κ2) is 3.91. The molecule has 0 radical (unpaired) electrons. The van der Waals surface area contributed by atoms with Crippen LogP contribution < -0.4 is 5.73 Å². The van der Waals surface area contributed by atoms with E-state index < -0.39 is 24.5 Å². The van der Waals surface area contributed by atoms with Gasteiger partial charge in [-0.1, -0.05) is 0 Å². The highest BCUT2D eigenvalue weighted by molar-refractivity contribution is 5.11. The Hall–Kier alpha value is -1.17. The largest absolute Gasteiger partial charge is 0.390 e. The molecule has 0 aromatic carbocycles. The number of nitrogens with zero attached hydrogens (tertiary/aromatic N) is 1. The molecule has 0 bridgehead atoms. The maximum atomic E-state index is 12.9. The molecule has 0 amide bonds. The molecule has 14 heavy (non-hydrogen) atoms. The molecule has 0 aliphatic carbocycles. The SMILES string of the molecule is N[C@H](CC(F)(F)F)c1ncccc1F. The van der Waals surface area contributed by atoms with Gasteiger partial charge in [0.15, 0.2) is 0 Å². The molecule has 0 saturated heterocycles. The normalized spacial score (nSPS) is 14.1. The van der Waals surface area contributed by atoms with Crippen LogP contribution in [-0.2, 0) is 0 Å². The Kier molecular flexibility index (Phi) is 3.05. The third-order valence-corrected chi connectivity index (χ3v) is 1.59. The Labute approximate surface area is 77.7 Å². The van der Waals surface area contributed by atoms with Gasteiger partial charge in [-0.25, -0.2) is 4.39 Å². The summed E-state index contributed by atoms with van der Waals surface area (Å²) in [6, 6.07) is 0.869. The molecule has 6 heteroatoms. The molecule has 2 N–H and O–H groups in total. The highest BCUT2D eigenvalue weighted by atomic mass is 19.4. The summed E-state index contributed by atoms with van der Waals surface area (Å²) in [5.41, 5.74) is 4.80. The van der Waals surface area contributed by atoms with E-state index in [1.165, 1.54) is 12.3 Å². The van der Waals surface area contributed by atoms with Crippen LogP contribution in [0.25, 0.3) is 0 Å². The van der Waals surface area contributed by atoms with Crippen molar-refractivity contribution in [3.8, 4) is 0 Å². The first-order valence-corrected chi connectivity index (χ1v) is 3.83. The summed E-state index contributed by atoms with van der Waals surface area (Å²) < 4.78 is 48.6. The number of halogens is 4. The highest BCUT2D eigenvalue weighted by Crippen LogP contribution is 2.27. The van der Waals surface area contributed by atoms with Crippen LogP contribution in [0.2, 0.25) is 0 Å². The van der Waals surface area contributed by atoms with Gasteiger partial charge in [0.1, 0.15) is 5.82 Å². The molecule has 0 saturated carbocycles. The van der Waals surface area contributed by atoms with E-state index in [1.807, 2.05) is 0 Å². The van der Waals surface area contributed by atoms with Crippen LogP contribution in [0.3, 0.4) is 0 Å². The Bertz CT molecular complexity index is 310. The number of alkyl halides is 3. The number of pyridine rings is 1. The molecule has 1 heterocycles. The predicted octanol–water partition coefficient (Wildman–Crippen LogP) is 2.17. The van der Waals surface area contributed by atoms with Crippen LogP contribution in [0.1, 0.15) is 18.2 Å². The minimum atomic E-state index is -4.41. The summed E-state index contributed by atoms with van der Waals surface area (Å²) in [5, 5.41) is 0. The van der Waals surface area contributed by atoms with Crippen molar-refractivity contribution >= 4 is 0 Å². The van der Waals surface area contributed by atoms with E-state index in [1.54, 1.807) is 0 Å². The van der Waals surface area contributed by atoms with Gasteiger partial charge in [0.2, 0.25) is 0 Å². The zero-order chi connectivity index (χ0) is 10.8. The van der Waals surface area contributed by atoms with Gasteiger partial charge in [-0.2, -0.15) is 13.2 Å². The van der Waals surface area contributed by atoms with E-state index in [9.17, 15) is 17.6 Å². The Morgan fingerprint density at radius 3 is 2.57 bits per heavy atom. The lowest BCUT2D eigenvalue weighted by Crippen LogP contribution is -2.22. The highest BCUT2D eigenvalue weighted by Gasteiger charge is 2.32. The average molecular weight is 208 g/mol. The first-order valence-electron chi connectivity index (χ1n) is 3.83. The molecular formula is C8H8F4N2. The molecule has 78 valence electrons. The van der Waals surface area contributed by atoms with Gasteiger partial charge < -0.3 is 5.73 Å². The molecule has 0 unspecified atom stereocenters. The molecule has 0 fully saturated rings. The van der Waals surface area contributed by atoms with E-state index in [2.05, 4.69) is 4.98 Å². The topological polar surface area (TPSA) is 38.9 Å². The summed E-state index contributed by atoms with van der Waals surface area (Å²) >= 11 is 0. The number of hydrogen-bond donors (Lipinski definition) is 1. The van der Waals surface area contributed by atoms with E-state index in [0.29, 0.717) is 0 Å². The second-order valence-electron chi connectivity index (χ2n) is 2.80. The molecule has 0 aliphatic rings.